The van der Waals surface area contributed by atoms with E-state index < -0.39 is 4.92 Å². The number of methoxy groups -OCH3 is 1. The van der Waals surface area contributed by atoms with Crippen LogP contribution in [0.2, 0.25) is 0 Å². The number of fused-ring (bicyclic) bond motifs is 1. The summed E-state index contributed by atoms with van der Waals surface area (Å²) in [5.41, 5.74) is 0.560. The molecule has 1 heterocycles. The summed E-state index contributed by atoms with van der Waals surface area (Å²) in [5, 5.41) is 15.9. The lowest BCUT2D eigenvalue weighted by Crippen LogP contribution is -2.23. The van der Waals surface area contributed by atoms with E-state index in [2.05, 4.69) is 26.0 Å². The average Bonchev–Trinajstić information content (AvgIpc) is 2.67. The van der Waals surface area contributed by atoms with E-state index in [4.69, 9.17) is 4.74 Å². The second-order valence-electron chi connectivity index (χ2n) is 6.34. The lowest BCUT2D eigenvalue weighted by atomic mass is 10.2. The predicted octanol–water partition coefficient (Wildman–Crippen LogP) is 4.08. The Morgan fingerprint density at radius 2 is 2.04 bits per heavy atom. The Morgan fingerprint density at radius 1 is 1.29 bits per heavy atom. The molecule has 0 aliphatic carbocycles. The van der Waals surface area contributed by atoms with Gasteiger partial charge in [-0.1, -0.05) is 29.8 Å². The maximum Gasteiger partial charge on any atom is 0.311 e. The summed E-state index contributed by atoms with van der Waals surface area (Å²) in [7, 11) is 1.36. The molecule has 3 aromatic rings. The van der Waals surface area contributed by atoms with Gasteiger partial charge >= 0.3 is 5.69 Å². The van der Waals surface area contributed by atoms with Gasteiger partial charge < -0.3 is 4.74 Å². The van der Waals surface area contributed by atoms with Crippen molar-refractivity contribution >= 4 is 38.7 Å². The number of aromatic nitrogens is 2. The van der Waals surface area contributed by atoms with Crippen LogP contribution in [-0.2, 0) is 0 Å². The van der Waals surface area contributed by atoms with Gasteiger partial charge in [0.15, 0.2) is 5.75 Å². The quantitative estimate of drug-likeness (QED) is 0.335. The highest BCUT2D eigenvalue weighted by molar-refractivity contribution is 9.10. The SMILES string of the molecule is COc1ccc(C=Nn2c(C(C)C)nc3ccc(Br)cc3c2=O)cc1[N+](=O)[O-]. The zero-order valence-corrected chi connectivity index (χ0v) is 17.0. The number of hydrogen-bond donors (Lipinski definition) is 0. The number of ether oxygens (including phenoxy) is 1. The monoisotopic (exact) mass is 444 g/mol. The Kier molecular flexibility index (Phi) is 5.55. The average molecular weight is 445 g/mol. The van der Waals surface area contributed by atoms with Crippen molar-refractivity contribution in [2.45, 2.75) is 19.8 Å². The molecule has 0 atom stereocenters. The van der Waals surface area contributed by atoms with Gasteiger partial charge in [0.05, 0.1) is 29.2 Å². The Morgan fingerprint density at radius 3 is 2.68 bits per heavy atom. The lowest BCUT2D eigenvalue weighted by molar-refractivity contribution is -0.385. The van der Waals surface area contributed by atoms with Crippen LogP contribution in [0.5, 0.6) is 5.75 Å². The molecule has 0 unspecified atom stereocenters. The van der Waals surface area contributed by atoms with E-state index in [9.17, 15) is 14.9 Å². The smallest absolute Gasteiger partial charge is 0.311 e. The molecule has 0 spiro atoms. The van der Waals surface area contributed by atoms with Crippen LogP contribution in [0, 0.1) is 10.1 Å². The summed E-state index contributed by atoms with van der Waals surface area (Å²) in [5.74, 6) is 0.599. The molecule has 9 heteroatoms. The number of nitro groups is 1. The van der Waals surface area contributed by atoms with Crippen molar-refractivity contribution < 1.29 is 9.66 Å². The highest BCUT2D eigenvalue weighted by Crippen LogP contribution is 2.27. The third kappa shape index (κ3) is 3.79. The molecular formula is C19H17BrN4O4. The summed E-state index contributed by atoms with van der Waals surface area (Å²) in [4.78, 5) is 28.2. The van der Waals surface area contributed by atoms with Gasteiger partial charge in [0.25, 0.3) is 5.56 Å². The van der Waals surface area contributed by atoms with E-state index >= 15 is 0 Å². The van der Waals surface area contributed by atoms with Crippen molar-refractivity contribution in [3.63, 3.8) is 0 Å². The third-order valence-corrected chi connectivity index (χ3v) is 4.56. The number of halogens is 1. The second-order valence-corrected chi connectivity index (χ2v) is 7.25. The van der Waals surface area contributed by atoms with Crippen LogP contribution in [0.4, 0.5) is 5.69 Å². The predicted molar refractivity (Wildman–Crippen MR) is 110 cm³/mol. The topological polar surface area (TPSA) is 99.6 Å². The second kappa shape index (κ2) is 7.89. The first-order valence-electron chi connectivity index (χ1n) is 8.40. The first-order chi connectivity index (χ1) is 13.3. The lowest BCUT2D eigenvalue weighted by Gasteiger charge is -2.12. The largest absolute Gasteiger partial charge is 0.490 e. The van der Waals surface area contributed by atoms with E-state index in [0.717, 1.165) is 4.47 Å². The molecule has 0 saturated heterocycles. The zero-order chi connectivity index (χ0) is 20.4. The van der Waals surface area contributed by atoms with Crippen molar-refractivity contribution in [2.75, 3.05) is 7.11 Å². The van der Waals surface area contributed by atoms with E-state index in [1.54, 1.807) is 18.2 Å². The fourth-order valence-electron chi connectivity index (χ4n) is 2.71. The standard InChI is InChI=1S/C19H17BrN4O4/c1-11(2)18-22-15-6-5-13(20)9-14(15)19(25)23(18)21-10-12-4-7-17(28-3)16(8-12)24(26)27/h4-11H,1-3H3. The first kappa shape index (κ1) is 19.7. The highest BCUT2D eigenvalue weighted by Gasteiger charge is 2.16. The van der Waals surface area contributed by atoms with Gasteiger partial charge in [-0.2, -0.15) is 9.78 Å². The van der Waals surface area contributed by atoms with Gasteiger partial charge in [-0.25, -0.2) is 4.98 Å². The zero-order valence-electron chi connectivity index (χ0n) is 15.4. The molecule has 0 aliphatic rings. The van der Waals surface area contributed by atoms with Crippen LogP contribution in [0.25, 0.3) is 10.9 Å². The van der Waals surface area contributed by atoms with Gasteiger partial charge in [-0.3, -0.25) is 14.9 Å². The van der Waals surface area contributed by atoms with Gasteiger partial charge in [0.1, 0.15) is 5.82 Å². The van der Waals surface area contributed by atoms with Gasteiger partial charge in [-0.15, -0.1) is 0 Å². The van der Waals surface area contributed by atoms with Crippen LogP contribution in [-0.4, -0.2) is 27.9 Å². The molecule has 0 fully saturated rings. The number of rotatable bonds is 5. The number of nitro benzene ring substituents is 1. The molecule has 28 heavy (non-hydrogen) atoms. The molecule has 2 aromatic carbocycles. The number of benzene rings is 2. The van der Waals surface area contributed by atoms with Crippen molar-refractivity contribution in [3.8, 4) is 5.75 Å². The van der Waals surface area contributed by atoms with Crippen LogP contribution in [0.15, 0.2) is 50.8 Å². The minimum absolute atomic E-state index is 0.0527. The fourth-order valence-corrected chi connectivity index (χ4v) is 3.07. The molecule has 0 aliphatic heterocycles. The molecule has 1 aromatic heterocycles. The molecule has 0 saturated carbocycles. The van der Waals surface area contributed by atoms with Crippen molar-refractivity contribution in [2.24, 2.45) is 5.10 Å². The summed E-state index contributed by atoms with van der Waals surface area (Å²) in [6, 6.07) is 9.74. The molecule has 3 rings (SSSR count). The molecule has 144 valence electrons. The maximum absolute atomic E-state index is 13.0. The Labute approximate surface area is 168 Å². The van der Waals surface area contributed by atoms with E-state index in [-0.39, 0.29) is 22.9 Å². The van der Waals surface area contributed by atoms with Crippen molar-refractivity contribution in [1.29, 1.82) is 0 Å². The molecule has 8 nitrogen and oxygen atoms in total. The van der Waals surface area contributed by atoms with Gasteiger partial charge in [0.2, 0.25) is 0 Å². The van der Waals surface area contributed by atoms with E-state index in [1.165, 1.54) is 30.1 Å². The summed E-state index contributed by atoms with van der Waals surface area (Å²) >= 11 is 3.36. The molecule has 0 N–H and O–H groups in total. The minimum atomic E-state index is -0.531. The van der Waals surface area contributed by atoms with E-state index in [1.807, 2.05) is 19.9 Å². The van der Waals surface area contributed by atoms with Crippen LogP contribution in [0.1, 0.15) is 31.2 Å². The van der Waals surface area contributed by atoms with Gasteiger partial charge in [0, 0.05) is 22.0 Å². The Hall–Kier alpha value is -3.07. The van der Waals surface area contributed by atoms with Crippen LogP contribution in [0.3, 0.4) is 0 Å². The van der Waals surface area contributed by atoms with E-state index in [0.29, 0.717) is 22.3 Å². The Balaban J connectivity index is 2.15. The normalized spacial score (nSPS) is 11.5. The van der Waals surface area contributed by atoms with Crippen LogP contribution < -0.4 is 10.3 Å². The third-order valence-electron chi connectivity index (χ3n) is 4.07. The molecule has 0 radical (unpaired) electrons. The number of hydrogen-bond acceptors (Lipinski definition) is 6. The summed E-state index contributed by atoms with van der Waals surface area (Å²) < 4.78 is 6.99. The minimum Gasteiger partial charge on any atom is -0.490 e. The van der Waals surface area contributed by atoms with Crippen LogP contribution >= 0.6 is 15.9 Å². The first-order valence-corrected chi connectivity index (χ1v) is 9.20. The van der Waals surface area contributed by atoms with Crippen molar-refractivity contribution in [1.82, 2.24) is 9.66 Å². The fraction of sp³-hybridized carbons (Fsp3) is 0.211. The highest BCUT2D eigenvalue weighted by atomic mass is 79.9. The summed E-state index contributed by atoms with van der Waals surface area (Å²) in [6.45, 7) is 3.83. The maximum atomic E-state index is 13.0. The Bertz CT molecular complexity index is 1150. The molecule has 0 amide bonds. The molecular weight excluding hydrogens is 428 g/mol. The van der Waals surface area contributed by atoms with Crippen molar-refractivity contribution in [3.05, 3.63) is 72.7 Å². The number of nitrogens with zero attached hydrogens (tertiary/aromatic N) is 4. The molecule has 0 bridgehead atoms. The summed E-state index contributed by atoms with van der Waals surface area (Å²) in [6.07, 6.45) is 1.39. The van der Waals surface area contributed by atoms with Gasteiger partial charge in [-0.05, 0) is 30.3 Å².